The predicted molar refractivity (Wildman–Crippen MR) is 68.3 cm³/mol. The lowest BCUT2D eigenvalue weighted by atomic mass is 10.3. The van der Waals surface area contributed by atoms with Crippen molar-refractivity contribution < 1.29 is 0 Å². The molecule has 1 aromatic heterocycles. The van der Waals surface area contributed by atoms with Crippen LogP contribution in [0, 0.1) is 13.8 Å². The fourth-order valence-electron chi connectivity index (χ4n) is 1.37. The van der Waals surface area contributed by atoms with Crippen LogP contribution in [0.1, 0.15) is 32.2 Å². The molecule has 0 saturated heterocycles. The second-order valence-corrected chi connectivity index (χ2v) is 6.69. The van der Waals surface area contributed by atoms with Crippen LogP contribution in [0.3, 0.4) is 0 Å². The molecule has 0 radical (unpaired) electrons. The number of hydrogen-bond acceptors (Lipinski definition) is 3. The summed E-state index contributed by atoms with van der Waals surface area (Å²) in [5, 5.41) is 4.41. The Bertz CT molecular complexity index is 336. The third-order valence-electron chi connectivity index (χ3n) is 2.28. The maximum absolute atomic E-state index is 5.87. The van der Waals surface area contributed by atoms with Crippen molar-refractivity contribution in [1.29, 1.82) is 0 Å². The molecule has 0 fully saturated rings. The Morgan fingerprint density at radius 2 is 1.93 bits per heavy atom. The van der Waals surface area contributed by atoms with Crippen molar-refractivity contribution >= 4 is 17.4 Å². The molecule has 1 heterocycles. The van der Waals surface area contributed by atoms with Gasteiger partial charge in [0.1, 0.15) is 0 Å². The zero-order valence-corrected chi connectivity index (χ0v) is 11.1. The Labute approximate surface area is 96.4 Å². The molecule has 0 atom stereocenters. The highest BCUT2D eigenvalue weighted by atomic mass is 32.2. The van der Waals surface area contributed by atoms with Gasteiger partial charge in [-0.2, -0.15) is 16.9 Å². The second kappa shape index (κ2) is 4.47. The maximum atomic E-state index is 5.87. The molecule has 86 valence electrons. The van der Waals surface area contributed by atoms with E-state index in [1.165, 1.54) is 0 Å². The van der Waals surface area contributed by atoms with Gasteiger partial charge in [0.2, 0.25) is 0 Å². The smallest absolute Gasteiger partial charge is 0.0825 e. The standard InChI is InChI=1S/C11H21N3S/c1-8-10(12)9(2)14(13-8)6-7-15-11(3,4)5/h6-7,12H2,1-5H3. The van der Waals surface area contributed by atoms with Crippen LogP contribution in [0.25, 0.3) is 0 Å². The van der Waals surface area contributed by atoms with Crippen LogP contribution in [0.2, 0.25) is 0 Å². The summed E-state index contributed by atoms with van der Waals surface area (Å²) in [6, 6.07) is 0. The average Bonchev–Trinajstić information content (AvgIpc) is 2.32. The number of aryl methyl sites for hydroxylation is 2. The fraction of sp³-hybridized carbons (Fsp3) is 0.727. The molecule has 1 aromatic rings. The van der Waals surface area contributed by atoms with Crippen molar-refractivity contribution in [2.75, 3.05) is 11.5 Å². The van der Waals surface area contributed by atoms with E-state index in [0.29, 0.717) is 4.75 Å². The monoisotopic (exact) mass is 227 g/mol. The Balaban J connectivity index is 2.55. The summed E-state index contributed by atoms with van der Waals surface area (Å²) in [6.07, 6.45) is 0. The summed E-state index contributed by atoms with van der Waals surface area (Å²) >= 11 is 1.95. The van der Waals surface area contributed by atoms with Gasteiger partial charge in [-0.15, -0.1) is 0 Å². The van der Waals surface area contributed by atoms with Crippen molar-refractivity contribution in [3.05, 3.63) is 11.4 Å². The first-order valence-electron chi connectivity index (χ1n) is 5.24. The minimum atomic E-state index is 0.321. The Kier molecular flexibility index (Phi) is 3.71. The molecule has 1 rings (SSSR count). The summed E-state index contributed by atoms with van der Waals surface area (Å²) in [5.41, 5.74) is 8.72. The van der Waals surface area contributed by atoms with Gasteiger partial charge in [0, 0.05) is 10.5 Å². The highest BCUT2D eigenvalue weighted by Crippen LogP contribution is 2.23. The van der Waals surface area contributed by atoms with E-state index in [-0.39, 0.29) is 0 Å². The van der Waals surface area contributed by atoms with Crippen LogP contribution < -0.4 is 5.73 Å². The highest BCUT2D eigenvalue weighted by molar-refractivity contribution is 8.00. The molecule has 3 nitrogen and oxygen atoms in total. The van der Waals surface area contributed by atoms with Crippen LogP contribution in [-0.2, 0) is 6.54 Å². The van der Waals surface area contributed by atoms with Gasteiger partial charge in [-0.05, 0) is 13.8 Å². The number of anilines is 1. The number of aromatic nitrogens is 2. The Morgan fingerprint density at radius 3 is 2.33 bits per heavy atom. The molecule has 2 N–H and O–H groups in total. The number of hydrogen-bond donors (Lipinski definition) is 1. The molecule has 0 amide bonds. The van der Waals surface area contributed by atoms with Crippen molar-refractivity contribution in [3.63, 3.8) is 0 Å². The SMILES string of the molecule is Cc1nn(CCSC(C)(C)C)c(C)c1N. The first-order chi connectivity index (χ1) is 6.81. The normalized spacial score (nSPS) is 12.1. The van der Waals surface area contributed by atoms with Gasteiger partial charge in [0.05, 0.1) is 23.6 Å². The quantitative estimate of drug-likeness (QED) is 0.863. The molecule has 0 aliphatic heterocycles. The third-order valence-corrected chi connectivity index (χ3v) is 3.53. The summed E-state index contributed by atoms with van der Waals surface area (Å²) in [4.78, 5) is 0. The molecule has 0 aromatic carbocycles. The van der Waals surface area contributed by atoms with Gasteiger partial charge in [-0.3, -0.25) is 4.68 Å². The van der Waals surface area contributed by atoms with Crippen LogP contribution in [0.5, 0.6) is 0 Å². The van der Waals surface area contributed by atoms with Crippen LogP contribution in [-0.4, -0.2) is 20.3 Å². The van der Waals surface area contributed by atoms with Crippen molar-refractivity contribution in [2.24, 2.45) is 0 Å². The third kappa shape index (κ3) is 3.45. The van der Waals surface area contributed by atoms with E-state index in [4.69, 9.17) is 5.73 Å². The van der Waals surface area contributed by atoms with Gasteiger partial charge in [-0.25, -0.2) is 0 Å². The summed E-state index contributed by atoms with van der Waals surface area (Å²) < 4.78 is 2.32. The van der Waals surface area contributed by atoms with E-state index < -0.39 is 0 Å². The molecule has 4 heteroatoms. The first kappa shape index (κ1) is 12.4. The highest BCUT2D eigenvalue weighted by Gasteiger charge is 2.12. The lowest BCUT2D eigenvalue weighted by Crippen LogP contribution is -2.12. The topological polar surface area (TPSA) is 43.8 Å². The van der Waals surface area contributed by atoms with Crippen molar-refractivity contribution in [2.45, 2.75) is 45.9 Å². The zero-order chi connectivity index (χ0) is 11.6. The van der Waals surface area contributed by atoms with Gasteiger partial charge in [0.15, 0.2) is 0 Å². The van der Waals surface area contributed by atoms with E-state index in [1.807, 2.05) is 30.3 Å². The summed E-state index contributed by atoms with van der Waals surface area (Å²) in [7, 11) is 0. The summed E-state index contributed by atoms with van der Waals surface area (Å²) in [6.45, 7) is 11.6. The lowest BCUT2D eigenvalue weighted by Gasteiger charge is -2.17. The number of nitrogen functional groups attached to an aromatic ring is 1. The van der Waals surface area contributed by atoms with E-state index in [9.17, 15) is 0 Å². The van der Waals surface area contributed by atoms with E-state index in [1.54, 1.807) is 0 Å². The van der Waals surface area contributed by atoms with E-state index in [2.05, 4.69) is 25.9 Å². The maximum Gasteiger partial charge on any atom is 0.0825 e. The van der Waals surface area contributed by atoms with Crippen LogP contribution >= 0.6 is 11.8 Å². The minimum absolute atomic E-state index is 0.321. The number of nitrogens with two attached hydrogens (primary N) is 1. The Hall–Kier alpha value is -0.640. The Morgan fingerprint density at radius 1 is 1.33 bits per heavy atom. The largest absolute Gasteiger partial charge is 0.396 e. The average molecular weight is 227 g/mol. The lowest BCUT2D eigenvalue weighted by molar-refractivity contribution is 0.638. The number of rotatable bonds is 3. The number of thioether (sulfide) groups is 1. The molecule has 0 unspecified atom stereocenters. The molecule has 0 aliphatic rings. The van der Waals surface area contributed by atoms with Gasteiger partial charge in [-0.1, -0.05) is 20.8 Å². The van der Waals surface area contributed by atoms with Crippen LogP contribution in [0.4, 0.5) is 5.69 Å². The van der Waals surface area contributed by atoms with Gasteiger partial charge < -0.3 is 5.73 Å². The second-order valence-electron chi connectivity index (χ2n) is 4.77. The fourth-order valence-corrected chi connectivity index (χ4v) is 2.24. The van der Waals surface area contributed by atoms with E-state index >= 15 is 0 Å². The molecule has 0 aliphatic carbocycles. The summed E-state index contributed by atoms with van der Waals surface area (Å²) in [5.74, 6) is 1.07. The van der Waals surface area contributed by atoms with Crippen LogP contribution in [0.15, 0.2) is 0 Å². The molecule has 0 spiro atoms. The van der Waals surface area contributed by atoms with Gasteiger partial charge >= 0.3 is 0 Å². The molecular weight excluding hydrogens is 206 g/mol. The van der Waals surface area contributed by atoms with Crippen molar-refractivity contribution in [3.8, 4) is 0 Å². The molecule has 0 saturated carbocycles. The molecular formula is C11H21N3S. The zero-order valence-electron chi connectivity index (χ0n) is 10.3. The molecule has 15 heavy (non-hydrogen) atoms. The molecule has 0 bridgehead atoms. The van der Waals surface area contributed by atoms with E-state index in [0.717, 1.165) is 29.4 Å². The number of nitrogens with zero attached hydrogens (tertiary/aromatic N) is 2. The predicted octanol–water partition coefficient (Wildman–Crippen LogP) is 2.61. The van der Waals surface area contributed by atoms with Crippen molar-refractivity contribution in [1.82, 2.24) is 9.78 Å². The first-order valence-corrected chi connectivity index (χ1v) is 6.23. The minimum Gasteiger partial charge on any atom is -0.396 e. The van der Waals surface area contributed by atoms with Gasteiger partial charge in [0.25, 0.3) is 0 Å².